The van der Waals surface area contributed by atoms with E-state index in [9.17, 15) is 4.79 Å². The van der Waals surface area contributed by atoms with E-state index in [4.69, 9.17) is 0 Å². The first-order chi connectivity index (χ1) is 9.19. The summed E-state index contributed by atoms with van der Waals surface area (Å²) >= 11 is 3.43. The number of halogens is 1. The summed E-state index contributed by atoms with van der Waals surface area (Å²) in [5.41, 5.74) is 0.833. The lowest BCUT2D eigenvalue weighted by molar-refractivity contribution is -0.117. The van der Waals surface area contributed by atoms with Crippen LogP contribution in [0.25, 0.3) is 0 Å². The fourth-order valence-electron chi connectivity index (χ4n) is 2.22. The largest absolute Gasteiger partial charge is 0.324 e. The van der Waals surface area contributed by atoms with Crippen molar-refractivity contribution in [2.24, 2.45) is 0 Å². The Hall–Kier alpha value is -0.910. The molecule has 0 radical (unpaired) electrons. The molecule has 1 N–H and O–H groups in total. The van der Waals surface area contributed by atoms with Crippen LogP contribution < -0.4 is 5.32 Å². The van der Waals surface area contributed by atoms with Gasteiger partial charge in [0.1, 0.15) is 0 Å². The quantitative estimate of drug-likeness (QED) is 0.920. The van der Waals surface area contributed by atoms with E-state index in [0.29, 0.717) is 6.54 Å². The van der Waals surface area contributed by atoms with Gasteiger partial charge in [-0.2, -0.15) is 0 Å². The minimum absolute atomic E-state index is 0.0526. The summed E-state index contributed by atoms with van der Waals surface area (Å²) in [6.07, 6.45) is 0. The lowest BCUT2D eigenvalue weighted by Gasteiger charge is -2.33. The van der Waals surface area contributed by atoms with Crippen molar-refractivity contribution < 1.29 is 4.79 Å². The number of nitrogens with zero attached hydrogens (tertiary/aromatic N) is 2. The first-order valence-electron chi connectivity index (χ1n) is 6.68. The van der Waals surface area contributed by atoms with E-state index >= 15 is 0 Å². The second kappa shape index (κ2) is 7.03. The van der Waals surface area contributed by atoms with Gasteiger partial charge >= 0.3 is 0 Å². The van der Waals surface area contributed by atoms with Crippen molar-refractivity contribution >= 4 is 27.5 Å². The second-order valence-corrected chi connectivity index (χ2v) is 5.59. The van der Waals surface area contributed by atoms with E-state index < -0.39 is 0 Å². The summed E-state index contributed by atoms with van der Waals surface area (Å²) < 4.78 is 0.916. The van der Waals surface area contributed by atoms with Gasteiger partial charge in [0.05, 0.1) is 12.2 Å². The molecule has 0 atom stereocenters. The predicted molar refractivity (Wildman–Crippen MR) is 81.3 cm³/mol. The minimum atomic E-state index is 0.0526. The molecule has 1 fully saturated rings. The highest BCUT2D eigenvalue weighted by Crippen LogP contribution is 2.21. The molecule has 19 heavy (non-hydrogen) atoms. The van der Waals surface area contributed by atoms with Crippen molar-refractivity contribution in [2.45, 2.75) is 6.92 Å². The Kier molecular flexibility index (Phi) is 5.36. The third-order valence-corrected chi connectivity index (χ3v) is 4.12. The number of hydrogen-bond acceptors (Lipinski definition) is 3. The molecule has 0 aromatic heterocycles. The number of nitrogens with one attached hydrogen (secondary N) is 1. The van der Waals surface area contributed by atoms with E-state index in [1.807, 2.05) is 24.3 Å². The molecule has 0 spiro atoms. The van der Waals surface area contributed by atoms with Crippen LogP contribution in [0.1, 0.15) is 6.92 Å². The molecule has 1 aromatic carbocycles. The lowest BCUT2D eigenvalue weighted by atomic mass is 10.3. The van der Waals surface area contributed by atoms with E-state index in [-0.39, 0.29) is 5.91 Å². The number of rotatable bonds is 4. The SMILES string of the molecule is CCN1CCN(CC(=O)Nc2ccccc2Br)CC1. The standard InChI is InChI=1S/C14H20BrN3O/c1-2-17-7-9-18(10-8-17)11-14(19)16-13-6-4-3-5-12(13)15/h3-6H,2,7-11H2,1H3,(H,16,19). The predicted octanol–water partition coefficient (Wildman–Crippen LogP) is 2.03. The van der Waals surface area contributed by atoms with Gasteiger partial charge in [-0.05, 0) is 34.6 Å². The summed E-state index contributed by atoms with van der Waals surface area (Å²) in [4.78, 5) is 16.6. The van der Waals surface area contributed by atoms with Gasteiger partial charge in [0, 0.05) is 30.7 Å². The molecular formula is C14H20BrN3O. The van der Waals surface area contributed by atoms with Crippen LogP contribution in [-0.2, 0) is 4.79 Å². The zero-order valence-corrected chi connectivity index (χ0v) is 12.8. The van der Waals surface area contributed by atoms with Crippen LogP contribution in [0, 0.1) is 0 Å². The maximum Gasteiger partial charge on any atom is 0.238 e. The van der Waals surface area contributed by atoms with Gasteiger partial charge in [-0.3, -0.25) is 9.69 Å². The lowest BCUT2D eigenvalue weighted by Crippen LogP contribution is -2.48. The molecule has 0 aliphatic carbocycles. The molecule has 0 bridgehead atoms. The van der Waals surface area contributed by atoms with Gasteiger partial charge in [-0.15, -0.1) is 0 Å². The molecule has 0 unspecified atom stereocenters. The second-order valence-electron chi connectivity index (χ2n) is 4.74. The number of amides is 1. The third kappa shape index (κ3) is 4.30. The zero-order valence-electron chi connectivity index (χ0n) is 11.2. The van der Waals surface area contributed by atoms with Crippen molar-refractivity contribution in [1.29, 1.82) is 0 Å². The Labute approximate surface area is 122 Å². The van der Waals surface area contributed by atoms with Crippen LogP contribution in [0.4, 0.5) is 5.69 Å². The highest BCUT2D eigenvalue weighted by Gasteiger charge is 2.17. The molecule has 1 aromatic rings. The normalized spacial score (nSPS) is 17.4. The number of carbonyl (C=O) groups is 1. The first-order valence-corrected chi connectivity index (χ1v) is 7.47. The van der Waals surface area contributed by atoms with Crippen LogP contribution in [0.15, 0.2) is 28.7 Å². The van der Waals surface area contributed by atoms with Crippen LogP contribution in [-0.4, -0.2) is 55.0 Å². The Morgan fingerprint density at radius 3 is 2.47 bits per heavy atom. The summed E-state index contributed by atoms with van der Waals surface area (Å²) in [5, 5.41) is 2.94. The van der Waals surface area contributed by atoms with Gasteiger partial charge < -0.3 is 10.2 Å². The minimum Gasteiger partial charge on any atom is -0.324 e. The maximum atomic E-state index is 12.0. The fourth-order valence-corrected chi connectivity index (χ4v) is 2.60. The molecular weight excluding hydrogens is 306 g/mol. The molecule has 1 amide bonds. The number of para-hydroxylation sites is 1. The molecule has 1 aliphatic rings. The maximum absolute atomic E-state index is 12.0. The van der Waals surface area contributed by atoms with Gasteiger partial charge in [0.2, 0.25) is 5.91 Å². The van der Waals surface area contributed by atoms with Gasteiger partial charge in [0.25, 0.3) is 0 Å². The molecule has 5 heteroatoms. The number of likely N-dealkylation sites (N-methyl/N-ethyl adjacent to an activating group) is 1. The fraction of sp³-hybridized carbons (Fsp3) is 0.500. The van der Waals surface area contributed by atoms with E-state index in [1.165, 1.54) is 0 Å². The Bertz CT molecular complexity index is 430. The number of benzene rings is 1. The van der Waals surface area contributed by atoms with Crippen LogP contribution in [0.3, 0.4) is 0 Å². The van der Waals surface area contributed by atoms with Gasteiger partial charge in [0.15, 0.2) is 0 Å². The molecule has 1 aliphatic heterocycles. The van der Waals surface area contributed by atoms with Crippen molar-refractivity contribution in [1.82, 2.24) is 9.80 Å². The topological polar surface area (TPSA) is 35.6 Å². The Morgan fingerprint density at radius 1 is 1.21 bits per heavy atom. The van der Waals surface area contributed by atoms with Crippen molar-refractivity contribution in [2.75, 3.05) is 44.6 Å². The molecule has 0 saturated carbocycles. The number of anilines is 1. The van der Waals surface area contributed by atoms with Crippen molar-refractivity contribution in [3.8, 4) is 0 Å². The van der Waals surface area contributed by atoms with Gasteiger partial charge in [-0.1, -0.05) is 19.1 Å². The molecule has 4 nitrogen and oxygen atoms in total. The summed E-state index contributed by atoms with van der Waals surface area (Å²) in [6, 6.07) is 7.68. The number of hydrogen-bond donors (Lipinski definition) is 1. The summed E-state index contributed by atoms with van der Waals surface area (Å²) in [5.74, 6) is 0.0526. The van der Waals surface area contributed by atoms with E-state index in [2.05, 4.69) is 38.0 Å². The summed E-state index contributed by atoms with van der Waals surface area (Å²) in [7, 11) is 0. The molecule has 104 valence electrons. The van der Waals surface area contributed by atoms with E-state index in [1.54, 1.807) is 0 Å². The average Bonchev–Trinajstić information content (AvgIpc) is 2.42. The monoisotopic (exact) mass is 325 g/mol. The van der Waals surface area contributed by atoms with Crippen LogP contribution in [0.2, 0.25) is 0 Å². The highest BCUT2D eigenvalue weighted by molar-refractivity contribution is 9.10. The summed E-state index contributed by atoms with van der Waals surface area (Å²) in [6.45, 7) is 7.79. The highest BCUT2D eigenvalue weighted by atomic mass is 79.9. The van der Waals surface area contributed by atoms with Crippen LogP contribution >= 0.6 is 15.9 Å². The average molecular weight is 326 g/mol. The number of piperazine rings is 1. The van der Waals surface area contributed by atoms with Crippen LogP contribution in [0.5, 0.6) is 0 Å². The van der Waals surface area contributed by atoms with Gasteiger partial charge in [-0.25, -0.2) is 0 Å². The smallest absolute Gasteiger partial charge is 0.238 e. The molecule has 2 rings (SSSR count). The van der Waals surface area contributed by atoms with Crippen molar-refractivity contribution in [3.63, 3.8) is 0 Å². The van der Waals surface area contributed by atoms with Crippen molar-refractivity contribution in [3.05, 3.63) is 28.7 Å². The number of carbonyl (C=O) groups excluding carboxylic acids is 1. The molecule has 1 heterocycles. The zero-order chi connectivity index (χ0) is 13.7. The third-order valence-electron chi connectivity index (χ3n) is 3.43. The Morgan fingerprint density at radius 2 is 1.84 bits per heavy atom. The Balaban J connectivity index is 1.81. The first kappa shape index (κ1) is 14.5. The molecule has 1 saturated heterocycles. The van der Waals surface area contributed by atoms with E-state index in [0.717, 1.165) is 42.9 Å².